The Balaban J connectivity index is 2.28. The van der Waals surface area contributed by atoms with Gasteiger partial charge in [-0.3, -0.25) is 4.79 Å². The van der Waals surface area contributed by atoms with Crippen LogP contribution in [-0.4, -0.2) is 17.7 Å². The lowest BCUT2D eigenvalue weighted by Gasteiger charge is -2.15. The van der Waals surface area contributed by atoms with Crippen molar-refractivity contribution in [2.75, 3.05) is 6.61 Å². The molecule has 1 atom stereocenters. The second-order valence-electron chi connectivity index (χ2n) is 5.18. The van der Waals surface area contributed by atoms with Gasteiger partial charge >= 0.3 is 5.97 Å². The van der Waals surface area contributed by atoms with Crippen molar-refractivity contribution >= 4 is 17.6 Å². The van der Waals surface area contributed by atoms with Crippen molar-refractivity contribution in [2.45, 2.75) is 26.2 Å². The van der Waals surface area contributed by atoms with E-state index < -0.39 is 11.9 Å². The fourth-order valence-electron chi connectivity index (χ4n) is 2.45. The van der Waals surface area contributed by atoms with Gasteiger partial charge in [-0.1, -0.05) is 35.9 Å². The molecule has 0 bridgehead atoms. The van der Waals surface area contributed by atoms with Gasteiger partial charge in [0.2, 0.25) is 0 Å². The normalized spacial score (nSPS) is 12.0. The van der Waals surface area contributed by atoms with Crippen molar-refractivity contribution in [3.8, 4) is 5.75 Å². The summed E-state index contributed by atoms with van der Waals surface area (Å²) in [5.41, 5.74) is 2.62. The van der Waals surface area contributed by atoms with Gasteiger partial charge in [0.1, 0.15) is 5.75 Å². The molecule has 116 valence electrons. The maximum Gasteiger partial charge on any atom is 0.311 e. The standard InChI is InChI=1S/C18H19ClO3/c1-3-22-17-8-7-14(9-12(17)2)16(18(20)21)11-13-5-4-6-15(19)10-13/h4-10,16H,3,11H2,1-2H3,(H,20,21). The summed E-state index contributed by atoms with van der Waals surface area (Å²) in [6.07, 6.45) is 0.406. The van der Waals surface area contributed by atoms with E-state index in [-0.39, 0.29) is 0 Å². The van der Waals surface area contributed by atoms with E-state index in [0.717, 1.165) is 22.4 Å². The number of benzene rings is 2. The van der Waals surface area contributed by atoms with Crippen LogP contribution in [0.4, 0.5) is 0 Å². The zero-order chi connectivity index (χ0) is 16.1. The Labute approximate surface area is 135 Å². The molecule has 0 fully saturated rings. The summed E-state index contributed by atoms with van der Waals surface area (Å²) in [5.74, 6) is -0.658. The monoisotopic (exact) mass is 318 g/mol. The first-order valence-electron chi connectivity index (χ1n) is 7.22. The van der Waals surface area contributed by atoms with Gasteiger partial charge < -0.3 is 9.84 Å². The lowest BCUT2D eigenvalue weighted by atomic mass is 9.91. The fraction of sp³-hybridized carbons (Fsp3) is 0.278. The molecule has 0 aliphatic carbocycles. The second kappa shape index (κ2) is 7.32. The molecule has 2 aromatic rings. The minimum absolute atomic E-state index is 0.406. The van der Waals surface area contributed by atoms with Crippen molar-refractivity contribution in [1.29, 1.82) is 0 Å². The number of carboxylic acids is 1. The quantitative estimate of drug-likeness (QED) is 0.855. The maximum atomic E-state index is 11.6. The van der Waals surface area contributed by atoms with Gasteiger partial charge in [0.25, 0.3) is 0 Å². The van der Waals surface area contributed by atoms with Crippen LogP contribution in [0.15, 0.2) is 42.5 Å². The highest BCUT2D eigenvalue weighted by Gasteiger charge is 2.21. The zero-order valence-electron chi connectivity index (χ0n) is 12.7. The first-order chi connectivity index (χ1) is 10.5. The van der Waals surface area contributed by atoms with Crippen LogP contribution < -0.4 is 4.74 Å². The molecule has 0 saturated carbocycles. The number of hydrogen-bond donors (Lipinski definition) is 1. The molecule has 2 aromatic carbocycles. The molecule has 0 radical (unpaired) electrons. The molecular formula is C18H19ClO3. The molecule has 0 aliphatic heterocycles. The summed E-state index contributed by atoms with van der Waals surface area (Å²) in [6, 6.07) is 12.8. The highest BCUT2D eigenvalue weighted by molar-refractivity contribution is 6.30. The number of aryl methyl sites for hydroxylation is 1. The summed E-state index contributed by atoms with van der Waals surface area (Å²) < 4.78 is 5.50. The molecule has 0 aromatic heterocycles. The Morgan fingerprint density at radius 1 is 1.27 bits per heavy atom. The van der Waals surface area contributed by atoms with Crippen LogP contribution in [0.5, 0.6) is 5.75 Å². The number of hydrogen-bond acceptors (Lipinski definition) is 2. The molecule has 2 rings (SSSR count). The number of carboxylic acid groups (broad SMARTS) is 1. The van der Waals surface area contributed by atoms with Crippen molar-refractivity contribution in [3.63, 3.8) is 0 Å². The van der Waals surface area contributed by atoms with E-state index in [4.69, 9.17) is 16.3 Å². The van der Waals surface area contributed by atoms with E-state index in [1.54, 1.807) is 12.1 Å². The first kappa shape index (κ1) is 16.4. The van der Waals surface area contributed by atoms with Crippen LogP contribution in [0.2, 0.25) is 5.02 Å². The lowest BCUT2D eigenvalue weighted by Crippen LogP contribution is -2.14. The minimum atomic E-state index is -0.844. The summed E-state index contributed by atoms with van der Waals surface area (Å²) in [6.45, 7) is 4.43. The van der Waals surface area contributed by atoms with Crippen LogP contribution in [-0.2, 0) is 11.2 Å². The smallest absolute Gasteiger partial charge is 0.311 e. The highest BCUT2D eigenvalue weighted by atomic mass is 35.5. The molecule has 0 spiro atoms. The Morgan fingerprint density at radius 2 is 2.05 bits per heavy atom. The van der Waals surface area contributed by atoms with E-state index in [2.05, 4.69) is 0 Å². The number of carbonyl (C=O) groups is 1. The van der Waals surface area contributed by atoms with Crippen molar-refractivity contribution in [2.24, 2.45) is 0 Å². The Hall–Kier alpha value is -2.00. The first-order valence-corrected chi connectivity index (χ1v) is 7.59. The third-order valence-electron chi connectivity index (χ3n) is 3.53. The van der Waals surface area contributed by atoms with Crippen LogP contribution in [0.25, 0.3) is 0 Å². The van der Waals surface area contributed by atoms with E-state index in [9.17, 15) is 9.90 Å². The summed E-state index contributed by atoms with van der Waals surface area (Å²) in [7, 11) is 0. The summed E-state index contributed by atoms with van der Waals surface area (Å²) >= 11 is 5.97. The average Bonchev–Trinajstić information content (AvgIpc) is 2.47. The third kappa shape index (κ3) is 4.01. The Morgan fingerprint density at radius 3 is 2.64 bits per heavy atom. The van der Waals surface area contributed by atoms with Gasteiger partial charge in [0, 0.05) is 5.02 Å². The second-order valence-corrected chi connectivity index (χ2v) is 5.62. The molecule has 1 unspecified atom stereocenters. The molecule has 0 amide bonds. The molecule has 4 heteroatoms. The average molecular weight is 319 g/mol. The van der Waals surface area contributed by atoms with Crippen molar-refractivity contribution < 1.29 is 14.6 Å². The number of rotatable bonds is 6. The predicted molar refractivity (Wildman–Crippen MR) is 87.9 cm³/mol. The fourth-order valence-corrected chi connectivity index (χ4v) is 2.67. The van der Waals surface area contributed by atoms with Gasteiger partial charge in [0.15, 0.2) is 0 Å². The Kier molecular flexibility index (Phi) is 5.45. The van der Waals surface area contributed by atoms with Gasteiger partial charge in [-0.05, 0) is 55.2 Å². The van der Waals surface area contributed by atoms with Crippen LogP contribution in [0.3, 0.4) is 0 Å². The number of halogens is 1. The van der Waals surface area contributed by atoms with E-state index in [1.165, 1.54) is 0 Å². The molecule has 22 heavy (non-hydrogen) atoms. The molecule has 0 aliphatic rings. The van der Waals surface area contributed by atoms with Gasteiger partial charge in [-0.15, -0.1) is 0 Å². The van der Waals surface area contributed by atoms with Gasteiger partial charge in [-0.25, -0.2) is 0 Å². The topological polar surface area (TPSA) is 46.5 Å². The predicted octanol–water partition coefficient (Wildman–Crippen LogP) is 4.46. The van der Waals surface area contributed by atoms with Crippen molar-refractivity contribution in [1.82, 2.24) is 0 Å². The molecule has 3 nitrogen and oxygen atoms in total. The van der Waals surface area contributed by atoms with Crippen molar-refractivity contribution in [3.05, 3.63) is 64.2 Å². The number of aliphatic carboxylic acids is 1. The summed E-state index contributed by atoms with van der Waals surface area (Å²) in [4.78, 5) is 11.6. The lowest BCUT2D eigenvalue weighted by molar-refractivity contribution is -0.138. The largest absolute Gasteiger partial charge is 0.494 e. The van der Waals surface area contributed by atoms with Crippen LogP contribution in [0, 0.1) is 6.92 Å². The van der Waals surface area contributed by atoms with E-state index >= 15 is 0 Å². The minimum Gasteiger partial charge on any atom is -0.494 e. The third-order valence-corrected chi connectivity index (χ3v) is 3.76. The van der Waals surface area contributed by atoms with Gasteiger partial charge in [-0.2, -0.15) is 0 Å². The van der Waals surface area contributed by atoms with Crippen LogP contribution in [0.1, 0.15) is 29.5 Å². The highest BCUT2D eigenvalue weighted by Crippen LogP contribution is 2.27. The zero-order valence-corrected chi connectivity index (χ0v) is 13.4. The van der Waals surface area contributed by atoms with E-state index in [1.807, 2.05) is 44.2 Å². The number of ether oxygens (including phenoxy) is 1. The van der Waals surface area contributed by atoms with E-state index in [0.29, 0.717) is 18.1 Å². The molecule has 1 N–H and O–H groups in total. The summed E-state index contributed by atoms with van der Waals surface area (Å²) in [5, 5.41) is 10.2. The van der Waals surface area contributed by atoms with Gasteiger partial charge in [0.05, 0.1) is 12.5 Å². The van der Waals surface area contributed by atoms with Crippen LogP contribution >= 0.6 is 11.6 Å². The SMILES string of the molecule is CCOc1ccc(C(Cc2cccc(Cl)c2)C(=O)O)cc1C. The maximum absolute atomic E-state index is 11.6. The molecular weight excluding hydrogens is 300 g/mol. The molecule has 0 saturated heterocycles. The molecule has 0 heterocycles. The Bertz CT molecular complexity index is 667.